The minimum Gasteiger partial charge on any atom is -0.473 e. The number of pyridine rings is 2. The fourth-order valence-corrected chi connectivity index (χ4v) is 3.19. The number of carbonyl (C=O) groups excluding carboxylic acids is 1. The molecule has 1 aliphatic heterocycles. The zero-order chi connectivity index (χ0) is 18.8. The van der Waals surface area contributed by atoms with Crippen molar-refractivity contribution in [3.05, 3.63) is 71.9 Å². The summed E-state index contributed by atoms with van der Waals surface area (Å²) in [7, 11) is 1.81. The Morgan fingerprint density at radius 3 is 2.85 bits per heavy atom. The third-order valence-corrected chi connectivity index (χ3v) is 4.63. The SMILES string of the molecule is CN1C(=O)CCc2cc(-c3cncc(COc4cccc(F)n4)c3)ccc21. The van der Waals surface area contributed by atoms with Gasteiger partial charge in [-0.25, -0.2) is 0 Å². The first kappa shape index (κ1) is 17.1. The first-order chi connectivity index (χ1) is 13.1. The van der Waals surface area contributed by atoms with Crippen LogP contribution in [0.1, 0.15) is 17.5 Å². The lowest BCUT2D eigenvalue weighted by Crippen LogP contribution is -2.30. The Hall–Kier alpha value is -3.28. The second-order valence-electron chi connectivity index (χ2n) is 6.47. The van der Waals surface area contributed by atoms with E-state index in [9.17, 15) is 9.18 Å². The second kappa shape index (κ2) is 7.15. The fourth-order valence-electron chi connectivity index (χ4n) is 3.19. The van der Waals surface area contributed by atoms with Gasteiger partial charge >= 0.3 is 0 Å². The van der Waals surface area contributed by atoms with Gasteiger partial charge in [0.1, 0.15) is 6.61 Å². The molecule has 4 rings (SSSR count). The highest BCUT2D eigenvalue weighted by Crippen LogP contribution is 2.31. The van der Waals surface area contributed by atoms with Gasteiger partial charge in [-0.1, -0.05) is 12.1 Å². The van der Waals surface area contributed by atoms with Crippen LogP contribution < -0.4 is 9.64 Å². The highest BCUT2D eigenvalue weighted by atomic mass is 19.1. The molecule has 1 amide bonds. The number of ether oxygens (including phenoxy) is 1. The van der Waals surface area contributed by atoms with E-state index in [-0.39, 0.29) is 18.4 Å². The summed E-state index contributed by atoms with van der Waals surface area (Å²) in [6.07, 6.45) is 4.78. The van der Waals surface area contributed by atoms with Crippen molar-refractivity contribution in [1.29, 1.82) is 0 Å². The molecule has 1 aromatic carbocycles. The van der Waals surface area contributed by atoms with Crippen molar-refractivity contribution >= 4 is 11.6 Å². The molecule has 0 unspecified atom stereocenters. The van der Waals surface area contributed by atoms with E-state index in [0.717, 1.165) is 34.4 Å². The predicted octanol–water partition coefficient (Wildman–Crippen LogP) is 3.77. The van der Waals surface area contributed by atoms with E-state index in [1.807, 2.05) is 18.2 Å². The number of benzene rings is 1. The van der Waals surface area contributed by atoms with Crippen LogP contribution in [0.5, 0.6) is 5.88 Å². The lowest BCUT2D eigenvalue weighted by atomic mass is 9.96. The molecule has 0 aliphatic carbocycles. The molecule has 136 valence electrons. The summed E-state index contributed by atoms with van der Waals surface area (Å²) in [5.74, 6) is -0.194. The van der Waals surface area contributed by atoms with Crippen LogP contribution in [0.3, 0.4) is 0 Å². The van der Waals surface area contributed by atoms with Crippen LogP contribution in [0.4, 0.5) is 10.1 Å². The Morgan fingerprint density at radius 1 is 1.11 bits per heavy atom. The number of hydrogen-bond donors (Lipinski definition) is 0. The number of aromatic nitrogens is 2. The van der Waals surface area contributed by atoms with Gasteiger partial charge in [0.15, 0.2) is 0 Å². The van der Waals surface area contributed by atoms with Crippen molar-refractivity contribution in [2.45, 2.75) is 19.4 Å². The molecule has 5 nitrogen and oxygen atoms in total. The number of anilines is 1. The zero-order valence-corrected chi connectivity index (χ0v) is 14.9. The number of fused-ring (bicyclic) bond motifs is 1. The summed E-state index contributed by atoms with van der Waals surface area (Å²) in [6, 6.07) is 12.5. The summed E-state index contributed by atoms with van der Waals surface area (Å²) < 4.78 is 18.7. The number of halogens is 1. The monoisotopic (exact) mass is 363 g/mol. The molecule has 3 heterocycles. The Balaban J connectivity index is 1.55. The highest BCUT2D eigenvalue weighted by Gasteiger charge is 2.21. The number of nitrogens with zero attached hydrogens (tertiary/aromatic N) is 3. The van der Waals surface area contributed by atoms with Gasteiger partial charge in [-0.2, -0.15) is 9.37 Å². The normalized spacial score (nSPS) is 13.4. The molecular weight excluding hydrogens is 345 g/mol. The number of carbonyl (C=O) groups is 1. The molecule has 3 aromatic rings. The van der Waals surface area contributed by atoms with Gasteiger partial charge in [0, 0.05) is 48.7 Å². The smallest absolute Gasteiger partial charge is 0.227 e. The van der Waals surface area contributed by atoms with Gasteiger partial charge in [0.05, 0.1) is 0 Å². The van der Waals surface area contributed by atoms with Crippen molar-refractivity contribution in [3.63, 3.8) is 0 Å². The summed E-state index contributed by atoms with van der Waals surface area (Å²) in [4.78, 5) is 21.5. The van der Waals surface area contributed by atoms with E-state index in [1.54, 1.807) is 36.5 Å². The molecule has 0 bridgehead atoms. The average molecular weight is 363 g/mol. The number of amides is 1. The molecule has 0 N–H and O–H groups in total. The van der Waals surface area contributed by atoms with Crippen LogP contribution >= 0.6 is 0 Å². The van der Waals surface area contributed by atoms with Crippen molar-refractivity contribution in [1.82, 2.24) is 9.97 Å². The summed E-state index contributed by atoms with van der Waals surface area (Å²) in [5.41, 5.74) is 4.98. The number of aryl methyl sites for hydroxylation is 1. The Morgan fingerprint density at radius 2 is 2.00 bits per heavy atom. The Labute approximate surface area is 156 Å². The van der Waals surface area contributed by atoms with Crippen LogP contribution in [-0.2, 0) is 17.8 Å². The van der Waals surface area contributed by atoms with Gasteiger partial charge in [-0.3, -0.25) is 9.78 Å². The lowest BCUT2D eigenvalue weighted by Gasteiger charge is -2.26. The fraction of sp³-hybridized carbons (Fsp3) is 0.190. The van der Waals surface area contributed by atoms with Crippen molar-refractivity contribution in [2.24, 2.45) is 0 Å². The zero-order valence-electron chi connectivity index (χ0n) is 14.9. The summed E-state index contributed by atoms with van der Waals surface area (Å²) in [5, 5.41) is 0. The van der Waals surface area contributed by atoms with E-state index < -0.39 is 5.95 Å². The van der Waals surface area contributed by atoms with Crippen LogP contribution in [0, 0.1) is 5.95 Å². The molecule has 0 fully saturated rings. The van der Waals surface area contributed by atoms with Crippen molar-refractivity contribution in [2.75, 3.05) is 11.9 Å². The summed E-state index contributed by atoms with van der Waals surface area (Å²) in [6.45, 7) is 0.249. The maximum atomic E-state index is 13.1. The van der Waals surface area contributed by atoms with Gasteiger partial charge < -0.3 is 9.64 Å². The number of hydrogen-bond acceptors (Lipinski definition) is 4. The molecule has 0 saturated carbocycles. The molecule has 6 heteroatoms. The molecule has 0 atom stereocenters. The van der Waals surface area contributed by atoms with Crippen LogP contribution in [0.25, 0.3) is 11.1 Å². The predicted molar refractivity (Wildman–Crippen MR) is 99.9 cm³/mol. The van der Waals surface area contributed by atoms with Crippen LogP contribution in [0.2, 0.25) is 0 Å². The highest BCUT2D eigenvalue weighted by molar-refractivity contribution is 5.96. The second-order valence-corrected chi connectivity index (χ2v) is 6.47. The van der Waals surface area contributed by atoms with Crippen LogP contribution in [-0.4, -0.2) is 22.9 Å². The van der Waals surface area contributed by atoms with E-state index in [1.165, 1.54) is 6.07 Å². The summed E-state index contributed by atoms with van der Waals surface area (Å²) >= 11 is 0. The lowest BCUT2D eigenvalue weighted by molar-refractivity contribution is -0.118. The third-order valence-electron chi connectivity index (χ3n) is 4.63. The van der Waals surface area contributed by atoms with Gasteiger partial charge in [0.25, 0.3) is 0 Å². The number of rotatable bonds is 4. The first-order valence-electron chi connectivity index (χ1n) is 8.69. The van der Waals surface area contributed by atoms with Gasteiger partial charge in [-0.15, -0.1) is 0 Å². The maximum absolute atomic E-state index is 13.1. The minimum atomic E-state index is -0.572. The van der Waals surface area contributed by atoms with E-state index in [2.05, 4.69) is 16.0 Å². The van der Waals surface area contributed by atoms with Gasteiger partial charge in [0.2, 0.25) is 17.7 Å². The largest absolute Gasteiger partial charge is 0.473 e. The van der Waals surface area contributed by atoms with E-state index in [0.29, 0.717) is 6.42 Å². The van der Waals surface area contributed by atoms with Gasteiger partial charge in [-0.05, 0) is 41.8 Å². The maximum Gasteiger partial charge on any atom is 0.227 e. The minimum absolute atomic E-state index is 0.141. The quantitative estimate of drug-likeness (QED) is 0.662. The molecule has 2 aromatic heterocycles. The average Bonchev–Trinajstić information content (AvgIpc) is 2.69. The molecule has 0 spiro atoms. The third kappa shape index (κ3) is 3.65. The van der Waals surface area contributed by atoms with Crippen molar-refractivity contribution < 1.29 is 13.9 Å². The molecule has 27 heavy (non-hydrogen) atoms. The molecule has 1 aliphatic rings. The van der Waals surface area contributed by atoms with E-state index in [4.69, 9.17) is 4.74 Å². The Bertz CT molecular complexity index is 1010. The van der Waals surface area contributed by atoms with Crippen LogP contribution in [0.15, 0.2) is 54.9 Å². The van der Waals surface area contributed by atoms with E-state index >= 15 is 0 Å². The van der Waals surface area contributed by atoms with Crippen molar-refractivity contribution in [3.8, 4) is 17.0 Å². The molecule has 0 saturated heterocycles. The Kier molecular flexibility index (Phi) is 4.54. The standard InChI is InChI=1S/C21H18FN3O2/c1-25-18-7-5-15(10-16(18)6-8-21(25)26)17-9-14(11-23-12-17)13-27-20-4-2-3-19(22)24-20/h2-5,7,9-12H,6,8,13H2,1H3. The molecule has 0 radical (unpaired) electrons. The topological polar surface area (TPSA) is 55.3 Å². The molecular formula is C21H18FN3O2. The first-order valence-corrected chi connectivity index (χ1v) is 8.69.